The van der Waals surface area contributed by atoms with E-state index in [1.807, 2.05) is 46.2 Å². The molecule has 0 spiro atoms. The summed E-state index contributed by atoms with van der Waals surface area (Å²) in [4.78, 5) is 23.3. The molecule has 34 heavy (non-hydrogen) atoms. The second kappa shape index (κ2) is 10.9. The zero-order valence-corrected chi connectivity index (χ0v) is 21.9. The number of carbonyl (C=O) groups excluding carboxylic acids is 1. The number of carbonyl (C=O) groups is 1. The standard InChI is InChI=1S/C25H24N5O.CH3.O.Sn/c1-18-17-29(25(31)22-13-23(27)16-28-15-22)10-11-30(18)24(20-7-3-2-4-8-20)21-9-5-6-19(12-21)14-26;;;/h2-9,12-13,15-16,18,24H,1,10-11,17,27H2;1H3;;/t18-,24+;;;/m1.../s1. The minimum atomic E-state index is -2.77. The molecule has 2 atom stereocenters. The van der Waals surface area contributed by atoms with Crippen molar-refractivity contribution in [2.75, 3.05) is 25.4 Å². The van der Waals surface area contributed by atoms with Gasteiger partial charge < -0.3 is 0 Å². The molecule has 0 aliphatic carbocycles. The van der Waals surface area contributed by atoms with E-state index in [1.165, 1.54) is 12.4 Å². The molecule has 0 bridgehead atoms. The fourth-order valence-electron chi connectivity index (χ4n) is 4.65. The van der Waals surface area contributed by atoms with Gasteiger partial charge in [0.05, 0.1) is 0 Å². The Morgan fingerprint density at radius 3 is 2.62 bits per heavy atom. The quantitative estimate of drug-likeness (QED) is 0.464. The molecule has 3 aromatic rings. The average Bonchev–Trinajstić information content (AvgIpc) is 2.85. The molecule has 2 heterocycles. The van der Waals surface area contributed by atoms with Gasteiger partial charge in [-0.15, -0.1) is 0 Å². The van der Waals surface area contributed by atoms with Gasteiger partial charge in [-0.05, 0) is 0 Å². The maximum atomic E-state index is 13.2. The summed E-state index contributed by atoms with van der Waals surface area (Å²) in [6, 6.07) is 21.5. The van der Waals surface area contributed by atoms with Crippen molar-refractivity contribution in [2.45, 2.75) is 21.5 Å². The van der Waals surface area contributed by atoms with E-state index in [1.54, 1.807) is 12.1 Å². The van der Waals surface area contributed by atoms with E-state index in [0.29, 0.717) is 40.9 Å². The first-order valence-corrected chi connectivity index (χ1v) is 17.3. The molecule has 2 N–H and O–H groups in total. The Kier molecular flexibility index (Phi) is 7.70. The first kappa shape index (κ1) is 24.0. The van der Waals surface area contributed by atoms with Crippen molar-refractivity contribution < 1.29 is 7.87 Å². The Morgan fingerprint density at radius 1 is 1.15 bits per heavy atom. The van der Waals surface area contributed by atoms with Crippen LogP contribution in [0.15, 0.2) is 73.1 Å². The number of benzene rings is 2. The number of nitrogens with zero attached hydrogens (tertiary/aromatic N) is 4. The van der Waals surface area contributed by atoms with Crippen molar-refractivity contribution in [1.82, 2.24) is 14.8 Å². The van der Waals surface area contributed by atoms with Crippen LogP contribution >= 0.6 is 0 Å². The minimum absolute atomic E-state index is 0.0560. The first-order chi connectivity index (χ1) is 16.5. The molecule has 1 aliphatic rings. The predicted octanol–water partition coefficient (Wildman–Crippen LogP) is 3.50. The molecule has 0 unspecified atom stereocenters. The van der Waals surface area contributed by atoms with Crippen LogP contribution in [-0.4, -0.2) is 66.1 Å². The molecule has 1 saturated heterocycles. The zero-order valence-electron chi connectivity index (χ0n) is 19.1. The van der Waals surface area contributed by atoms with E-state index in [4.69, 9.17) is 5.73 Å². The van der Waals surface area contributed by atoms with Gasteiger partial charge in [0.15, 0.2) is 0 Å². The van der Waals surface area contributed by atoms with Crippen LogP contribution in [0.25, 0.3) is 0 Å². The summed E-state index contributed by atoms with van der Waals surface area (Å²) in [5.41, 5.74) is 9.48. The van der Waals surface area contributed by atoms with E-state index in [9.17, 15) is 13.1 Å². The van der Waals surface area contributed by atoms with E-state index in [-0.39, 0.29) is 18.0 Å². The number of anilines is 1. The van der Waals surface area contributed by atoms with Gasteiger partial charge in [0.2, 0.25) is 0 Å². The predicted molar refractivity (Wildman–Crippen MR) is 132 cm³/mol. The number of nitrogen functional groups attached to an aromatic ring is 1. The average molecular weight is 560 g/mol. The van der Waals surface area contributed by atoms with Crippen LogP contribution < -0.4 is 5.73 Å². The van der Waals surface area contributed by atoms with Crippen molar-refractivity contribution in [3.05, 3.63) is 95.3 Å². The summed E-state index contributed by atoms with van der Waals surface area (Å²) >= 11 is -2.77. The van der Waals surface area contributed by atoms with Crippen LogP contribution in [0.4, 0.5) is 5.69 Å². The SMILES string of the molecule is [CH3][Sn](=[O])[CH2][C@@H]1CN(C(=O)c2cncc(N)c2)CCN1[C@@H](c1ccccc1)c1cccc(C#N)c1. The second-order valence-corrected chi connectivity index (χ2v) is 13.8. The molecule has 1 aromatic heterocycles. The summed E-state index contributed by atoms with van der Waals surface area (Å²) in [7, 11) is 0. The van der Waals surface area contributed by atoms with Crippen LogP contribution in [0.3, 0.4) is 0 Å². The summed E-state index contributed by atoms with van der Waals surface area (Å²) in [6.45, 7) is 1.64. The Labute approximate surface area is 206 Å². The molecule has 4 rings (SSSR count). The molecule has 2 aromatic carbocycles. The molecule has 1 fully saturated rings. The normalized spacial score (nSPS) is 17.1. The van der Waals surface area contributed by atoms with Crippen molar-refractivity contribution in [1.29, 1.82) is 5.26 Å². The summed E-state index contributed by atoms with van der Waals surface area (Å²) in [6.07, 6.45) is 3.05. The van der Waals surface area contributed by atoms with Crippen LogP contribution in [-0.2, 0) is 3.08 Å². The van der Waals surface area contributed by atoms with Gasteiger partial charge in [-0.25, -0.2) is 0 Å². The van der Waals surface area contributed by atoms with Gasteiger partial charge in [-0.3, -0.25) is 0 Å². The van der Waals surface area contributed by atoms with E-state index in [2.05, 4.69) is 28.1 Å². The summed E-state index contributed by atoms with van der Waals surface area (Å²) in [5, 5.41) is 9.46. The number of pyridine rings is 1. The first-order valence-electron chi connectivity index (χ1n) is 11.3. The molecule has 0 radical (unpaired) electrons. The van der Waals surface area contributed by atoms with Gasteiger partial charge in [-0.1, -0.05) is 0 Å². The van der Waals surface area contributed by atoms with Crippen molar-refractivity contribution >= 4 is 31.3 Å². The van der Waals surface area contributed by atoms with Gasteiger partial charge in [0.1, 0.15) is 0 Å². The molecule has 172 valence electrons. The maximum absolute atomic E-state index is 13.2. The van der Waals surface area contributed by atoms with Crippen LogP contribution in [0.5, 0.6) is 0 Å². The summed E-state index contributed by atoms with van der Waals surface area (Å²) in [5.74, 6) is -0.112. The van der Waals surface area contributed by atoms with E-state index >= 15 is 0 Å². The Bertz CT molecular complexity index is 1230. The van der Waals surface area contributed by atoms with Gasteiger partial charge in [-0.2, -0.15) is 0 Å². The number of rotatable bonds is 6. The molecule has 1 aliphatic heterocycles. The topological polar surface area (TPSA) is 103 Å². The molecule has 0 saturated carbocycles. The third-order valence-electron chi connectivity index (χ3n) is 6.12. The number of nitriles is 1. The Hall–Kier alpha value is -3.09. The van der Waals surface area contributed by atoms with Crippen LogP contribution in [0.2, 0.25) is 9.38 Å². The fraction of sp³-hybridized carbons (Fsp3) is 0.269. The van der Waals surface area contributed by atoms with Gasteiger partial charge in [0.25, 0.3) is 0 Å². The van der Waals surface area contributed by atoms with E-state index in [0.717, 1.165) is 11.1 Å². The monoisotopic (exact) mass is 561 g/mol. The Morgan fingerprint density at radius 2 is 1.91 bits per heavy atom. The molecule has 7 nitrogen and oxygen atoms in total. The van der Waals surface area contributed by atoms with Gasteiger partial charge in [0, 0.05) is 0 Å². The molecule has 8 heteroatoms. The third kappa shape index (κ3) is 5.51. The van der Waals surface area contributed by atoms with Crippen LogP contribution in [0, 0.1) is 11.3 Å². The fourth-order valence-corrected chi connectivity index (χ4v) is 7.59. The number of amides is 1. The molecule has 1 amide bonds. The van der Waals surface area contributed by atoms with Crippen molar-refractivity contribution in [3.8, 4) is 6.07 Å². The van der Waals surface area contributed by atoms with Gasteiger partial charge >= 0.3 is 207 Å². The second-order valence-electron chi connectivity index (χ2n) is 8.61. The number of hydrogen-bond acceptors (Lipinski definition) is 6. The third-order valence-corrected chi connectivity index (χ3v) is 9.11. The van der Waals surface area contributed by atoms with Crippen LogP contribution in [0.1, 0.15) is 33.1 Å². The van der Waals surface area contributed by atoms with E-state index < -0.39 is 19.7 Å². The number of piperazine rings is 1. The number of hydrogen-bond donors (Lipinski definition) is 1. The van der Waals surface area contributed by atoms with Crippen molar-refractivity contribution in [2.24, 2.45) is 0 Å². The Balaban J connectivity index is 1.69. The zero-order chi connectivity index (χ0) is 24.1. The summed E-state index contributed by atoms with van der Waals surface area (Å²) < 4.78 is 13.1. The number of aromatic nitrogens is 1. The number of nitrogens with two attached hydrogens (primary N) is 1. The van der Waals surface area contributed by atoms with Crippen molar-refractivity contribution in [3.63, 3.8) is 0 Å². The molecular weight excluding hydrogens is 533 g/mol. The molecular formula is C26H27N5O2Sn.